The second-order valence-corrected chi connectivity index (χ2v) is 9.85. The van der Waals surface area contributed by atoms with E-state index >= 15 is 0 Å². The van der Waals surface area contributed by atoms with Crippen LogP contribution in [0.2, 0.25) is 0 Å². The summed E-state index contributed by atoms with van der Waals surface area (Å²) in [4.78, 5) is 53.8. The largest absolute Gasteiger partial charge is 0.444 e. The van der Waals surface area contributed by atoms with Crippen LogP contribution >= 0.6 is 0 Å². The lowest BCUT2D eigenvalue weighted by molar-refractivity contribution is -0.130. The third-order valence-electron chi connectivity index (χ3n) is 5.73. The van der Waals surface area contributed by atoms with Crippen LogP contribution in [0, 0.1) is 0 Å². The van der Waals surface area contributed by atoms with Crippen LogP contribution in [-0.4, -0.2) is 60.1 Å². The van der Waals surface area contributed by atoms with E-state index in [0.717, 1.165) is 10.1 Å². The molecule has 0 saturated carbocycles. The molecule has 37 heavy (non-hydrogen) atoms. The number of amides is 2. The third kappa shape index (κ3) is 6.85. The molecule has 2 aromatic heterocycles. The van der Waals surface area contributed by atoms with Crippen LogP contribution in [0.15, 0.2) is 46.2 Å². The van der Waals surface area contributed by atoms with Gasteiger partial charge in [0.15, 0.2) is 11.6 Å². The van der Waals surface area contributed by atoms with Gasteiger partial charge in [-0.2, -0.15) is 0 Å². The number of carbonyl (C=O) groups excluding carboxylic acids is 2. The SMILES string of the molecule is Cn1c(=O)c2ncn(CCCNC(=O)[C@@H](O)[C@H](Cc3ccccc3)NC(=O)OC(C)(C)C)c2n(C)c1=O. The molecular formula is C25H34N6O6. The first kappa shape index (κ1) is 27.7. The summed E-state index contributed by atoms with van der Waals surface area (Å²) in [5.41, 5.74) is -0.267. The second kappa shape index (κ2) is 11.4. The van der Waals surface area contributed by atoms with Gasteiger partial charge in [-0.25, -0.2) is 14.6 Å². The number of nitrogens with zero attached hydrogens (tertiary/aromatic N) is 4. The molecule has 0 bridgehead atoms. The molecule has 2 heterocycles. The Hall–Kier alpha value is -3.93. The number of aliphatic hydroxyl groups excluding tert-OH is 1. The molecule has 3 N–H and O–H groups in total. The molecule has 0 radical (unpaired) electrons. The van der Waals surface area contributed by atoms with Crippen molar-refractivity contribution in [3.63, 3.8) is 0 Å². The van der Waals surface area contributed by atoms with Gasteiger partial charge >= 0.3 is 11.8 Å². The predicted molar refractivity (Wildman–Crippen MR) is 137 cm³/mol. The molecule has 12 heteroatoms. The fourth-order valence-corrected chi connectivity index (χ4v) is 3.92. The van der Waals surface area contributed by atoms with E-state index in [1.165, 1.54) is 17.9 Å². The normalized spacial score (nSPS) is 13.2. The number of aliphatic hydroxyl groups is 1. The summed E-state index contributed by atoms with van der Waals surface area (Å²) in [6, 6.07) is 8.27. The van der Waals surface area contributed by atoms with Crippen molar-refractivity contribution in [2.75, 3.05) is 6.54 Å². The van der Waals surface area contributed by atoms with Gasteiger partial charge in [0.25, 0.3) is 11.5 Å². The number of benzene rings is 1. The number of rotatable bonds is 9. The maximum atomic E-state index is 12.7. The van der Waals surface area contributed by atoms with Gasteiger partial charge in [0, 0.05) is 27.2 Å². The van der Waals surface area contributed by atoms with E-state index in [4.69, 9.17) is 4.74 Å². The Balaban J connectivity index is 1.63. The standard InChI is InChI=1S/C25H34N6O6/c1-25(2,3)37-23(35)28-17(14-16-10-7-6-8-11-16)19(32)20(33)26-12-9-13-31-15-27-18-21(31)29(4)24(36)30(5)22(18)34/h6-8,10-11,15,17,19,32H,9,12-14H2,1-5H3,(H,26,33)(H,28,35)/t17-,19-/m0/s1. The van der Waals surface area contributed by atoms with Gasteiger partial charge in [-0.3, -0.25) is 18.7 Å². The van der Waals surface area contributed by atoms with Crippen molar-refractivity contribution in [2.24, 2.45) is 14.1 Å². The summed E-state index contributed by atoms with van der Waals surface area (Å²) in [5.74, 6) is -0.645. The van der Waals surface area contributed by atoms with Crippen molar-refractivity contribution in [3.8, 4) is 0 Å². The minimum atomic E-state index is -1.52. The summed E-state index contributed by atoms with van der Waals surface area (Å²) in [6.45, 7) is 5.75. The van der Waals surface area contributed by atoms with Crippen LogP contribution in [-0.2, 0) is 36.6 Å². The first-order chi connectivity index (χ1) is 17.4. The van der Waals surface area contributed by atoms with Gasteiger partial charge in [-0.1, -0.05) is 30.3 Å². The van der Waals surface area contributed by atoms with Crippen LogP contribution < -0.4 is 21.9 Å². The zero-order valence-electron chi connectivity index (χ0n) is 21.7. The minimum Gasteiger partial charge on any atom is -0.444 e. The lowest BCUT2D eigenvalue weighted by Crippen LogP contribution is -2.52. The topological polar surface area (TPSA) is 149 Å². The van der Waals surface area contributed by atoms with E-state index < -0.39 is 41.0 Å². The molecule has 2 amide bonds. The van der Waals surface area contributed by atoms with Crippen LogP contribution in [0.4, 0.5) is 4.79 Å². The number of aryl methyl sites for hydroxylation is 2. The molecule has 0 fully saturated rings. The van der Waals surface area contributed by atoms with Gasteiger partial charge < -0.3 is 25.0 Å². The van der Waals surface area contributed by atoms with Crippen molar-refractivity contribution in [1.82, 2.24) is 29.3 Å². The molecular weight excluding hydrogens is 480 g/mol. The van der Waals surface area contributed by atoms with Crippen molar-refractivity contribution in [1.29, 1.82) is 0 Å². The first-order valence-electron chi connectivity index (χ1n) is 12.0. The van der Waals surface area contributed by atoms with E-state index in [-0.39, 0.29) is 18.5 Å². The Morgan fingerprint density at radius 3 is 2.43 bits per heavy atom. The van der Waals surface area contributed by atoms with Crippen molar-refractivity contribution in [2.45, 2.75) is 57.9 Å². The Morgan fingerprint density at radius 1 is 1.11 bits per heavy atom. The molecule has 12 nitrogen and oxygen atoms in total. The van der Waals surface area contributed by atoms with Gasteiger partial charge in [0.1, 0.15) is 11.2 Å². The molecule has 0 unspecified atom stereocenters. The number of carbonyl (C=O) groups is 2. The number of hydrogen-bond donors (Lipinski definition) is 3. The Morgan fingerprint density at radius 2 is 1.78 bits per heavy atom. The van der Waals surface area contributed by atoms with E-state index in [0.29, 0.717) is 18.6 Å². The number of aromatic nitrogens is 4. The highest BCUT2D eigenvalue weighted by atomic mass is 16.6. The predicted octanol–water partition coefficient (Wildman–Crippen LogP) is 0.437. The molecule has 0 aliphatic rings. The number of nitrogens with one attached hydrogen (secondary N) is 2. The molecule has 2 atom stereocenters. The molecule has 3 aromatic rings. The van der Waals surface area contributed by atoms with Crippen LogP contribution in [0.5, 0.6) is 0 Å². The highest BCUT2D eigenvalue weighted by molar-refractivity contribution is 5.82. The van der Waals surface area contributed by atoms with E-state index in [2.05, 4.69) is 15.6 Å². The molecule has 1 aromatic carbocycles. The number of imidazole rings is 1. The van der Waals surface area contributed by atoms with Crippen LogP contribution in [0.25, 0.3) is 11.2 Å². The van der Waals surface area contributed by atoms with E-state index in [1.54, 1.807) is 32.4 Å². The second-order valence-electron chi connectivity index (χ2n) is 9.85. The quantitative estimate of drug-likeness (QED) is 0.351. The summed E-state index contributed by atoms with van der Waals surface area (Å²) in [5, 5.41) is 16.0. The van der Waals surface area contributed by atoms with Crippen LogP contribution in [0.3, 0.4) is 0 Å². The summed E-state index contributed by atoms with van der Waals surface area (Å²) >= 11 is 0. The molecule has 0 spiro atoms. The summed E-state index contributed by atoms with van der Waals surface area (Å²) < 4.78 is 9.31. The average molecular weight is 515 g/mol. The van der Waals surface area contributed by atoms with Gasteiger partial charge in [0.05, 0.1) is 12.4 Å². The van der Waals surface area contributed by atoms with Gasteiger partial charge in [-0.15, -0.1) is 0 Å². The summed E-state index contributed by atoms with van der Waals surface area (Å²) in [6.07, 6.45) is -0.118. The van der Waals surface area contributed by atoms with Crippen molar-refractivity contribution >= 4 is 23.2 Å². The van der Waals surface area contributed by atoms with Gasteiger partial charge in [-0.05, 0) is 39.2 Å². The Kier molecular flexibility index (Phi) is 8.53. The summed E-state index contributed by atoms with van der Waals surface area (Å²) in [7, 11) is 2.96. The highest BCUT2D eigenvalue weighted by Crippen LogP contribution is 2.11. The monoisotopic (exact) mass is 514 g/mol. The van der Waals surface area contributed by atoms with E-state index in [1.807, 2.05) is 30.3 Å². The molecule has 3 rings (SSSR count). The molecule has 0 saturated heterocycles. The average Bonchev–Trinajstić information content (AvgIpc) is 3.26. The van der Waals surface area contributed by atoms with Crippen molar-refractivity contribution < 1.29 is 19.4 Å². The number of alkyl carbamates (subject to hydrolysis) is 1. The van der Waals surface area contributed by atoms with Crippen molar-refractivity contribution in [3.05, 3.63) is 63.1 Å². The van der Waals surface area contributed by atoms with Crippen LogP contribution in [0.1, 0.15) is 32.8 Å². The first-order valence-corrected chi connectivity index (χ1v) is 12.0. The Bertz CT molecular complexity index is 1370. The Labute approximate surface area is 213 Å². The molecule has 200 valence electrons. The fourth-order valence-electron chi connectivity index (χ4n) is 3.92. The maximum absolute atomic E-state index is 12.7. The zero-order chi connectivity index (χ0) is 27.3. The maximum Gasteiger partial charge on any atom is 0.407 e. The number of hydrogen-bond acceptors (Lipinski definition) is 7. The smallest absolute Gasteiger partial charge is 0.407 e. The van der Waals surface area contributed by atoms with Gasteiger partial charge in [0.2, 0.25) is 0 Å². The number of fused-ring (bicyclic) bond motifs is 1. The third-order valence-corrected chi connectivity index (χ3v) is 5.73. The number of ether oxygens (including phenoxy) is 1. The fraction of sp³-hybridized carbons (Fsp3) is 0.480. The zero-order valence-corrected chi connectivity index (χ0v) is 21.7. The lowest BCUT2D eigenvalue weighted by Gasteiger charge is -2.26. The molecule has 0 aliphatic heterocycles. The highest BCUT2D eigenvalue weighted by Gasteiger charge is 2.29. The minimum absolute atomic E-state index is 0.182. The van der Waals surface area contributed by atoms with E-state index in [9.17, 15) is 24.3 Å². The lowest BCUT2D eigenvalue weighted by atomic mass is 10.0. The molecule has 0 aliphatic carbocycles.